The molecular weight excluding hydrogens is 589 g/mol. The Bertz CT molecular complexity index is 2450. The average Bonchev–Trinajstić information content (AvgIpc) is 3.47. The van der Waals surface area contributed by atoms with Gasteiger partial charge in [0.15, 0.2) is 0 Å². The maximum absolute atomic E-state index is 6.56. The molecule has 0 unspecified atom stereocenters. The number of anilines is 3. The molecule has 4 heterocycles. The minimum absolute atomic E-state index is 0.353. The topological polar surface area (TPSA) is 43.2 Å². The van der Waals surface area contributed by atoms with E-state index in [0.717, 1.165) is 45.6 Å². The van der Waals surface area contributed by atoms with Gasteiger partial charge in [-0.05, 0) is 72.3 Å². The van der Waals surface area contributed by atoms with Gasteiger partial charge in [0.25, 0.3) is 0 Å². The van der Waals surface area contributed by atoms with Crippen molar-refractivity contribution in [3.8, 4) is 28.4 Å². The van der Waals surface area contributed by atoms with Crippen LogP contribution in [0.5, 0.6) is 11.5 Å². The maximum atomic E-state index is 6.56. The molecule has 0 saturated carbocycles. The Morgan fingerprint density at radius 3 is 2.17 bits per heavy atom. The van der Waals surface area contributed by atoms with Gasteiger partial charge in [0.05, 0.1) is 28.1 Å². The van der Waals surface area contributed by atoms with E-state index in [1.807, 2.05) is 60.9 Å². The lowest BCUT2D eigenvalue weighted by Crippen LogP contribution is -2.31. The monoisotopic (exact) mass is 620 g/mol. The maximum Gasteiger partial charge on any atom is 0.137 e. The number of hydrogen-bond acceptors (Lipinski definition) is 4. The first kappa shape index (κ1) is 28.1. The summed E-state index contributed by atoms with van der Waals surface area (Å²) in [5.41, 5.74) is 9.72. The fraction of sp³-hybridized carbons (Fsp3) is 0.0698. The molecule has 230 valence electrons. The van der Waals surface area contributed by atoms with Crippen LogP contribution in [0.3, 0.4) is 0 Å². The number of rotatable bonds is 5. The van der Waals surface area contributed by atoms with Crippen molar-refractivity contribution in [3.05, 3.63) is 169 Å². The fourth-order valence-corrected chi connectivity index (χ4v) is 7.37. The largest absolute Gasteiger partial charge is 0.457 e. The molecule has 0 atom stereocenters. The van der Waals surface area contributed by atoms with Crippen molar-refractivity contribution in [1.29, 1.82) is 0 Å². The second-order valence-corrected chi connectivity index (χ2v) is 12.7. The SMILES string of the molecule is CC1(C)c2ccc(Oc3cccc(-c4ccccn4)c3)cc2N(c2ccccn2)c2ccc3c4ccccc4n(-c4ccccc4)c3c21. The second kappa shape index (κ2) is 11.0. The summed E-state index contributed by atoms with van der Waals surface area (Å²) in [7, 11) is 0. The van der Waals surface area contributed by atoms with Gasteiger partial charge in [-0.1, -0.05) is 86.6 Å². The molecule has 0 spiro atoms. The van der Waals surface area contributed by atoms with E-state index < -0.39 is 0 Å². The third kappa shape index (κ3) is 4.39. The van der Waals surface area contributed by atoms with Crippen LogP contribution in [0.15, 0.2) is 158 Å². The number of nitrogens with zero attached hydrogens (tertiary/aromatic N) is 4. The first-order valence-electron chi connectivity index (χ1n) is 16.2. The Morgan fingerprint density at radius 2 is 1.35 bits per heavy atom. The number of para-hydroxylation sites is 2. The number of benzene rings is 5. The molecule has 8 aromatic rings. The van der Waals surface area contributed by atoms with Crippen molar-refractivity contribution in [2.45, 2.75) is 19.3 Å². The molecule has 1 aliphatic heterocycles. The fourth-order valence-electron chi connectivity index (χ4n) is 7.37. The predicted octanol–water partition coefficient (Wildman–Crippen LogP) is 11.1. The molecule has 5 heteroatoms. The van der Waals surface area contributed by atoms with Crippen LogP contribution in [0.25, 0.3) is 38.8 Å². The smallest absolute Gasteiger partial charge is 0.137 e. The Labute approximate surface area is 279 Å². The van der Waals surface area contributed by atoms with E-state index in [1.165, 1.54) is 32.9 Å². The summed E-state index contributed by atoms with van der Waals surface area (Å²) in [4.78, 5) is 11.7. The summed E-state index contributed by atoms with van der Waals surface area (Å²) >= 11 is 0. The number of aromatic nitrogens is 3. The third-order valence-electron chi connectivity index (χ3n) is 9.49. The van der Waals surface area contributed by atoms with Crippen LogP contribution in [0.2, 0.25) is 0 Å². The standard InChI is InChI=1S/C43H32N4O/c1-43(2)35-23-21-32(48-31-16-12-13-29(27-31)36-18-8-10-25-44-36)28-39(35)47(40-20-9-11-26-45-40)38-24-22-34-33-17-6-7-19-37(33)46(42(34)41(38)43)30-14-4-3-5-15-30/h3-28H,1-2H3. The van der Waals surface area contributed by atoms with Crippen LogP contribution in [-0.4, -0.2) is 14.5 Å². The first-order valence-corrected chi connectivity index (χ1v) is 16.2. The Kier molecular flexibility index (Phi) is 6.40. The molecule has 48 heavy (non-hydrogen) atoms. The summed E-state index contributed by atoms with van der Waals surface area (Å²) in [6.07, 6.45) is 3.67. The van der Waals surface area contributed by atoms with Gasteiger partial charge in [-0.15, -0.1) is 0 Å². The molecular formula is C43H32N4O. The van der Waals surface area contributed by atoms with Gasteiger partial charge >= 0.3 is 0 Å². The van der Waals surface area contributed by atoms with E-state index in [9.17, 15) is 0 Å². The molecule has 0 fully saturated rings. The van der Waals surface area contributed by atoms with E-state index in [2.05, 4.69) is 125 Å². The zero-order valence-electron chi connectivity index (χ0n) is 26.7. The lowest BCUT2D eigenvalue weighted by molar-refractivity contribution is 0.482. The summed E-state index contributed by atoms with van der Waals surface area (Å²) in [6, 6.07) is 50.5. The number of ether oxygens (including phenoxy) is 1. The van der Waals surface area contributed by atoms with Crippen LogP contribution < -0.4 is 9.64 Å². The molecule has 5 nitrogen and oxygen atoms in total. The van der Waals surface area contributed by atoms with Crippen LogP contribution in [0.1, 0.15) is 25.0 Å². The zero-order valence-corrected chi connectivity index (χ0v) is 26.7. The van der Waals surface area contributed by atoms with Gasteiger partial charge in [0.2, 0.25) is 0 Å². The highest BCUT2D eigenvalue weighted by Crippen LogP contribution is 2.55. The second-order valence-electron chi connectivity index (χ2n) is 12.7. The van der Waals surface area contributed by atoms with E-state index in [-0.39, 0.29) is 5.41 Å². The molecule has 1 aliphatic rings. The van der Waals surface area contributed by atoms with Crippen molar-refractivity contribution in [3.63, 3.8) is 0 Å². The molecule has 0 radical (unpaired) electrons. The van der Waals surface area contributed by atoms with Crippen molar-refractivity contribution >= 4 is 39.0 Å². The lowest BCUT2D eigenvalue weighted by Gasteiger charge is -2.42. The minimum atomic E-state index is -0.353. The lowest BCUT2D eigenvalue weighted by atomic mass is 9.72. The van der Waals surface area contributed by atoms with Gasteiger partial charge in [-0.2, -0.15) is 0 Å². The van der Waals surface area contributed by atoms with Crippen molar-refractivity contribution in [2.75, 3.05) is 4.90 Å². The summed E-state index contributed by atoms with van der Waals surface area (Å²) < 4.78 is 8.98. The zero-order chi connectivity index (χ0) is 32.2. The van der Waals surface area contributed by atoms with Gasteiger partial charge < -0.3 is 9.30 Å². The van der Waals surface area contributed by atoms with E-state index in [4.69, 9.17) is 9.72 Å². The third-order valence-corrected chi connectivity index (χ3v) is 9.49. The van der Waals surface area contributed by atoms with E-state index in [0.29, 0.717) is 0 Å². The Hall–Kier alpha value is -6.20. The van der Waals surface area contributed by atoms with Gasteiger partial charge in [0.1, 0.15) is 17.3 Å². The highest BCUT2D eigenvalue weighted by atomic mass is 16.5. The van der Waals surface area contributed by atoms with Crippen LogP contribution in [0.4, 0.5) is 17.2 Å². The molecule has 9 rings (SSSR count). The van der Waals surface area contributed by atoms with Gasteiger partial charge in [-0.25, -0.2) is 4.98 Å². The van der Waals surface area contributed by atoms with Crippen LogP contribution in [-0.2, 0) is 5.41 Å². The van der Waals surface area contributed by atoms with E-state index in [1.54, 1.807) is 0 Å². The van der Waals surface area contributed by atoms with Crippen molar-refractivity contribution in [1.82, 2.24) is 14.5 Å². The molecule has 0 N–H and O–H groups in total. The Morgan fingerprint density at radius 1 is 0.583 bits per heavy atom. The molecule has 0 aliphatic carbocycles. The molecule has 3 aromatic heterocycles. The molecule has 0 saturated heterocycles. The molecule has 0 bridgehead atoms. The van der Waals surface area contributed by atoms with Crippen LogP contribution in [0, 0.1) is 0 Å². The minimum Gasteiger partial charge on any atom is -0.457 e. The summed E-state index contributed by atoms with van der Waals surface area (Å²) in [5.74, 6) is 2.37. The van der Waals surface area contributed by atoms with Gasteiger partial charge in [0, 0.05) is 51.5 Å². The Balaban J connectivity index is 1.26. The van der Waals surface area contributed by atoms with E-state index >= 15 is 0 Å². The molecule has 5 aromatic carbocycles. The summed E-state index contributed by atoms with van der Waals surface area (Å²) in [5, 5.41) is 2.47. The van der Waals surface area contributed by atoms with Gasteiger partial charge in [-0.3, -0.25) is 9.88 Å². The number of pyridine rings is 2. The highest BCUT2D eigenvalue weighted by molar-refractivity contribution is 6.13. The first-order chi connectivity index (χ1) is 23.6. The number of hydrogen-bond donors (Lipinski definition) is 0. The molecule has 0 amide bonds. The average molecular weight is 621 g/mol. The normalized spacial score (nSPS) is 13.3. The van der Waals surface area contributed by atoms with Crippen molar-refractivity contribution in [2.24, 2.45) is 0 Å². The quantitative estimate of drug-likeness (QED) is 0.192. The number of fused-ring (bicyclic) bond motifs is 6. The highest BCUT2D eigenvalue weighted by Gasteiger charge is 2.40. The van der Waals surface area contributed by atoms with Crippen molar-refractivity contribution < 1.29 is 4.74 Å². The summed E-state index contributed by atoms with van der Waals surface area (Å²) in [6.45, 7) is 4.67. The predicted molar refractivity (Wildman–Crippen MR) is 195 cm³/mol. The van der Waals surface area contributed by atoms with Crippen LogP contribution >= 0.6 is 0 Å².